The predicted molar refractivity (Wildman–Crippen MR) is 35.2 cm³/mol. The lowest BCUT2D eigenvalue weighted by Gasteiger charge is -2.25. The highest BCUT2D eigenvalue weighted by Crippen LogP contribution is 2.26. The van der Waals surface area contributed by atoms with E-state index in [0.29, 0.717) is 6.04 Å². The molecule has 2 aliphatic heterocycles. The van der Waals surface area contributed by atoms with Crippen molar-refractivity contribution in [3.63, 3.8) is 0 Å². The van der Waals surface area contributed by atoms with Gasteiger partial charge in [-0.1, -0.05) is 0 Å². The van der Waals surface area contributed by atoms with Crippen molar-refractivity contribution in [2.45, 2.75) is 43.9 Å². The molecule has 0 amide bonds. The van der Waals surface area contributed by atoms with Gasteiger partial charge in [0, 0.05) is 12.1 Å². The number of hydrogen-bond acceptors (Lipinski definition) is 2. The summed E-state index contributed by atoms with van der Waals surface area (Å²) in [6.07, 6.45) is 4.61. The highest BCUT2D eigenvalue weighted by Gasteiger charge is 2.33. The standard InChI is InChI=1S/C7H13NO/c9-7-4-2-5-1-3-6(7)8-5/h5-9H,1-4H2/t5-,6+,7?/m1/s1. The fraction of sp³-hybridized carbons (Fsp3) is 1.00. The Morgan fingerprint density at radius 1 is 1.11 bits per heavy atom. The van der Waals surface area contributed by atoms with Gasteiger partial charge in [0.2, 0.25) is 0 Å². The summed E-state index contributed by atoms with van der Waals surface area (Å²) in [6, 6.07) is 1.17. The summed E-state index contributed by atoms with van der Waals surface area (Å²) in [6.45, 7) is 0. The van der Waals surface area contributed by atoms with Crippen LogP contribution in [0.4, 0.5) is 0 Å². The van der Waals surface area contributed by atoms with Crippen LogP contribution in [-0.4, -0.2) is 23.3 Å². The molecule has 0 saturated carbocycles. The molecule has 0 aromatic rings. The zero-order valence-electron chi connectivity index (χ0n) is 5.51. The average Bonchev–Trinajstić information content (AvgIpc) is 2.25. The van der Waals surface area contributed by atoms with E-state index in [1.165, 1.54) is 19.3 Å². The van der Waals surface area contributed by atoms with Gasteiger partial charge in [-0.3, -0.25) is 0 Å². The molecule has 2 aliphatic rings. The normalized spacial score (nSPS) is 49.7. The average molecular weight is 127 g/mol. The van der Waals surface area contributed by atoms with Crippen LogP contribution in [0.3, 0.4) is 0 Å². The van der Waals surface area contributed by atoms with Gasteiger partial charge in [0.05, 0.1) is 6.10 Å². The topological polar surface area (TPSA) is 32.3 Å². The third-order valence-electron chi connectivity index (χ3n) is 2.55. The first kappa shape index (κ1) is 5.69. The van der Waals surface area contributed by atoms with Gasteiger partial charge in [-0.2, -0.15) is 0 Å². The monoisotopic (exact) mass is 127 g/mol. The van der Waals surface area contributed by atoms with Crippen molar-refractivity contribution in [1.29, 1.82) is 0 Å². The molecule has 2 bridgehead atoms. The van der Waals surface area contributed by atoms with E-state index in [1.807, 2.05) is 0 Å². The van der Waals surface area contributed by atoms with Crippen LogP contribution in [0.25, 0.3) is 0 Å². The van der Waals surface area contributed by atoms with Crippen LogP contribution in [0.1, 0.15) is 25.7 Å². The molecule has 0 radical (unpaired) electrons. The van der Waals surface area contributed by atoms with Crippen LogP contribution >= 0.6 is 0 Å². The van der Waals surface area contributed by atoms with Gasteiger partial charge in [-0.15, -0.1) is 0 Å². The first-order valence-corrected chi connectivity index (χ1v) is 3.80. The summed E-state index contributed by atoms with van der Waals surface area (Å²) in [4.78, 5) is 0. The Bertz CT molecular complexity index is 115. The van der Waals surface area contributed by atoms with Crippen LogP contribution in [0, 0.1) is 0 Å². The number of fused-ring (bicyclic) bond motifs is 2. The van der Waals surface area contributed by atoms with Gasteiger partial charge in [0.25, 0.3) is 0 Å². The lowest BCUT2D eigenvalue weighted by Crippen LogP contribution is -2.43. The Morgan fingerprint density at radius 3 is 2.67 bits per heavy atom. The molecule has 2 nitrogen and oxygen atoms in total. The number of rotatable bonds is 0. The summed E-state index contributed by atoms with van der Waals surface area (Å²) < 4.78 is 0. The molecule has 2 saturated heterocycles. The van der Waals surface area contributed by atoms with Gasteiger partial charge < -0.3 is 10.4 Å². The Labute approximate surface area is 55.3 Å². The number of piperidine rings is 1. The van der Waals surface area contributed by atoms with Gasteiger partial charge in [0.1, 0.15) is 0 Å². The first-order chi connectivity index (χ1) is 4.36. The Kier molecular flexibility index (Phi) is 1.24. The van der Waals surface area contributed by atoms with Gasteiger partial charge >= 0.3 is 0 Å². The van der Waals surface area contributed by atoms with Crippen molar-refractivity contribution in [2.24, 2.45) is 0 Å². The quantitative estimate of drug-likeness (QED) is 0.489. The van der Waals surface area contributed by atoms with Gasteiger partial charge in [0.15, 0.2) is 0 Å². The molecule has 2 heterocycles. The number of aliphatic hydroxyl groups excluding tert-OH is 1. The lowest BCUT2D eigenvalue weighted by molar-refractivity contribution is 0.103. The van der Waals surface area contributed by atoms with Gasteiger partial charge in [-0.05, 0) is 25.7 Å². The molecule has 0 aromatic carbocycles. The van der Waals surface area contributed by atoms with E-state index in [9.17, 15) is 5.11 Å². The second kappa shape index (κ2) is 1.96. The summed E-state index contributed by atoms with van der Waals surface area (Å²) in [5.41, 5.74) is 0. The smallest absolute Gasteiger partial charge is 0.0693 e. The third-order valence-corrected chi connectivity index (χ3v) is 2.55. The summed E-state index contributed by atoms with van der Waals surface area (Å²) >= 11 is 0. The maximum Gasteiger partial charge on any atom is 0.0693 e. The molecule has 2 heteroatoms. The second-order valence-electron chi connectivity index (χ2n) is 3.19. The molecular weight excluding hydrogens is 114 g/mol. The zero-order valence-corrected chi connectivity index (χ0v) is 5.51. The van der Waals surface area contributed by atoms with Gasteiger partial charge in [-0.25, -0.2) is 0 Å². The summed E-state index contributed by atoms with van der Waals surface area (Å²) in [5, 5.41) is 12.7. The Hall–Kier alpha value is -0.0800. The Morgan fingerprint density at radius 2 is 1.89 bits per heavy atom. The van der Waals surface area contributed by atoms with E-state index in [0.717, 1.165) is 12.5 Å². The van der Waals surface area contributed by atoms with Crippen molar-refractivity contribution in [3.05, 3.63) is 0 Å². The minimum Gasteiger partial charge on any atom is -0.392 e. The maximum atomic E-state index is 9.33. The SMILES string of the molecule is OC1CC[C@H]2CC[C@@H]1N2. The number of nitrogens with one attached hydrogen (secondary N) is 1. The third kappa shape index (κ3) is 0.864. The van der Waals surface area contributed by atoms with Crippen LogP contribution in [0.2, 0.25) is 0 Å². The van der Waals surface area contributed by atoms with Crippen molar-refractivity contribution in [1.82, 2.24) is 5.32 Å². The summed E-state index contributed by atoms with van der Waals surface area (Å²) in [5.74, 6) is 0. The minimum absolute atomic E-state index is 0.0521. The summed E-state index contributed by atoms with van der Waals surface area (Å²) in [7, 11) is 0. The van der Waals surface area contributed by atoms with E-state index < -0.39 is 0 Å². The molecular formula is C7H13NO. The predicted octanol–water partition coefficient (Wildman–Crippen LogP) is 0.262. The van der Waals surface area contributed by atoms with E-state index in [-0.39, 0.29) is 6.10 Å². The molecule has 0 aliphatic carbocycles. The van der Waals surface area contributed by atoms with Crippen LogP contribution in [0.5, 0.6) is 0 Å². The second-order valence-corrected chi connectivity index (χ2v) is 3.19. The Balaban J connectivity index is 2.05. The molecule has 9 heavy (non-hydrogen) atoms. The van der Waals surface area contributed by atoms with Crippen molar-refractivity contribution in [2.75, 3.05) is 0 Å². The minimum atomic E-state index is -0.0521. The first-order valence-electron chi connectivity index (χ1n) is 3.80. The molecule has 1 unspecified atom stereocenters. The molecule has 52 valence electrons. The van der Waals surface area contributed by atoms with E-state index in [2.05, 4.69) is 5.32 Å². The van der Waals surface area contributed by atoms with Crippen LogP contribution in [0.15, 0.2) is 0 Å². The van der Waals surface area contributed by atoms with Crippen molar-refractivity contribution < 1.29 is 5.11 Å². The molecule has 0 spiro atoms. The molecule has 3 atom stereocenters. The molecule has 2 fully saturated rings. The number of hydrogen-bond donors (Lipinski definition) is 2. The molecule has 2 N–H and O–H groups in total. The highest BCUT2D eigenvalue weighted by atomic mass is 16.3. The largest absolute Gasteiger partial charge is 0.392 e. The van der Waals surface area contributed by atoms with Crippen LogP contribution in [-0.2, 0) is 0 Å². The van der Waals surface area contributed by atoms with Crippen molar-refractivity contribution in [3.8, 4) is 0 Å². The maximum absolute atomic E-state index is 9.33. The highest BCUT2D eigenvalue weighted by molar-refractivity contribution is 4.93. The van der Waals surface area contributed by atoms with Crippen LogP contribution < -0.4 is 5.32 Å². The fourth-order valence-electron chi connectivity index (χ4n) is 1.95. The number of aliphatic hydroxyl groups is 1. The van der Waals surface area contributed by atoms with E-state index in [1.54, 1.807) is 0 Å². The molecule has 2 rings (SSSR count). The van der Waals surface area contributed by atoms with E-state index in [4.69, 9.17) is 0 Å². The molecule has 0 aromatic heterocycles. The van der Waals surface area contributed by atoms with Crippen molar-refractivity contribution >= 4 is 0 Å². The van der Waals surface area contributed by atoms with E-state index >= 15 is 0 Å². The lowest BCUT2D eigenvalue weighted by atomic mass is 10.0. The fourth-order valence-corrected chi connectivity index (χ4v) is 1.95. The zero-order chi connectivity index (χ0) is 6.27.